The Bertz CT molecular complexity index is 627. The number of rotatable bonds is 6. The molecule has 5 N–H and O–H groups in total. The summed E-state index contributed by atoms with van der Waals surface area (Å²) in [4.78, 5) is 21.9. The van der Waals surface area contributed by atoms with Crippen LogP contribution < -0.4 is 16.2 Å². The van der Waals surface area contributed by atoms with Gasteiger partial charge in [0.15, 0.2) is 0 Å². The van der Waals surface area contributed by atoms with Gasteiger partial charge < -0.3 is 16.2 Å². The molecule has 0 aliphatic rings. The molecule has 0 spiro atoms. The molecule has 0 heterocycles. The fourth-order valence-electron chi connectivity index (χ4n) is 1.44. The first-order valence-corrected chi connectivity index (χ1v) is 7.02. The molecule has 20 heavy (non-hydrogen) atoms. The molecule has 0 saturated heterocycles. The summed E-state index contributed by atoms with van der Waals surface area (Å²) < 4.78 is 30.8. The number of anilines is 1. The van der Waals surface area contributed by atoms with Gasteiger partial charge in [-0.15, -0.1) is 0 Å². The summed E-state index contributed by atoms with van der Waals surface area (Å²) in [5, 5.41) is 0. The van der Waals surface area contributed by atoms with Gasteiger partial charge in [0, 0.05) is 18.7 Å². The number of esters is 1. The van der Waals surface area contributed by atoms with Crippen LogP contribution in [0.4, 0.5) is 5.69 Å². The number of benzene rings is 1. The highest BCUT2D eigenvalue weighted by molar-refractivity contribution is 7.89. The minimum Gasteiger partial charge on any atom is -0.465 e. The number of methoxy groups -OCH3 is 1. The van der Waals surface area contributed by atoms with Crippen molar-refractivity contribution in [2.24, 2.45) is 5.73 Å². The third-order valence-corrected chi connectivity index (χ3v) is 3.88. The molecule has 0 saturated carbocycles. The van der Waals surface area contributed by atoms with E-state index in [1.807, 2.05) is 0 Å². The molecule has 0 aromatic heterocycles. The van der Waals surface area contributed by atoms with Gasteiger partial charge in [-0.3, -0.25) is 4.79 Å². The Morgan fingerprint density at radius 3 is 2.55 bits per heavy atom. The number of hydrogen-bond donors (Lipinski definition) is 3. The molecular weight excluding hydrogens is 286 g/mol. The zero-order chi connectivity index (χ0) is 15.3. The van der Waals surface area contributed by atoms with Gasteiger partial charge in [0.05, 0.1) is 17.6 Å². The van der Waals surface area contributed by atoms with E-state index in [1.54, 1.807) is 0 Å². The Morgan fingerprint density at radius 2 is 2.00 bits per heavy atom. The number of carbonyl (C=O) groups is 2. The molecule has 1 aromatic rings. The summed E-state index contributed by atoms with van der Waals surface area (Å²) in [6.45, 7) is -0.164. The number of sulfonamides is 1. The zero-order valence-corrected chi connectivity index (χ0v) is 11.6. The first-order valence-electron chi connectivity index (χ1n) is 5.53. The molecule has 1 rings (SSSR count). The van der Waals surface area contributed by atoms with Crippen molar-refractivity contribution in [3.05, 3.63) is 23.8 Å². The second kappa shape index (κ2) is 6.35. The van der Waals surface area contributed by atoms with Gasteiger partial charge in [-0.05, 0) is 18.2 Å². The average Bonchev–Trinajstić information content (AvgIpc) is 2.36. The Kier molecular flexibility index (Phi) is 5.06. The predicted octanol–water partition coefficient (Wildman–Crippen LogP) is -0.791. The summed E-state index contributed by atoms with van der Waals surface area (Å²) in [5.41, 5.74) is 10.5. The fourth-order valence-corrected chi connectivity index (χ4v) is 2.64. The molecule has 1 amide bonds. The van der Waals surface area contributed by atoms with Gasteiger partial charge in [-0.25, -0.2) is 17.9 Å². The van der Waals surface area contributed by atoms with Crippen molar-refractivity contribution in [3.63, 3.8) is 0 Å². The van der Waals surface area contributed by atoms with Gasteiger partial charge in [0.25, 0.3) is 0 Å². The summed E-state index contributed by atoms with van der Waals surface area (Å²) in [7, 11) is -2.85. The monoisotopic (exact) mass is 301 g/mol. The summed E-state index contributed by atoms with van der Waals surface area (Å²) in [6, 6.07) is 3.73. The maximum absolute atomic E-state index is 12.1. The van der Waals surface area contributed by atoms with E-state index in [1.165, 1.54) is 18.2 Å². The third-order valence-electron chi connectivity index (χ3n) is 2.36. The topological polar surface area (TPSA) is 142 Å². The van der Waals surface area contributed by atoms with Gasteiger partial charge in [0.2, 0.25) is 15.9 Å². The molecule has 0 aliphatic carbocycles. The lowest BCUT2D eigenvalue weighted by Crippen LogP contribution is -2.29. The van der Waals surface area contributed by atoms with Gasteiger partial charge in [0.1, 0.15) is 0 Å². The molecule has 0 fully saturated rings. The number of primary amides is 1. The molecule has 0 atom stereocenters. The van der Waals surface area contributed by atoms with Crippen molar-refractivity contribution < 1.29 is 22.7 Å². The summed E-state index contributed by atoms with van der Waals surface area (Å²) in [6.07, 6.45) is -0.151. The standard InChI is InChI=1S/C11H15N3O5S/c1-19-11(16)8-6-7(12)2-3-9(8)20(17,18)14-5-4-10(13)15/h2-3,6,14H,4-5,12H2,1H3,(H2,13,15). The van der Waals surface area contributed by atoms with Crippen LogP contribution in [-0.4, -0.2) is 33.9 Å². The number of carbonyl (C=O) groups excluding carboxylic acids is 2. The maximum Gasteiger partial charge on any atom is 0.339 e. The average molecular weight is 301 g/mol. The van der Waals surface area contributed by atoms with Gasteiger partial charge >= 0.3 is 5.97 Å². The Hall–Kier alpha value is -2.13. The molecule has 9 heteroatoms. The van der Waals surface area contributed by atoms with Crippen LogP contribution in [0.15, 0.2) is 23.1 Å². The smallest absolute Gasteiger partial charge is 0.339 e. The lowest BCUT2D eigenvalue weighted by molar-refractivity contribution is -0.117. The molecule has 1 aromatic carbocycles. The normalized spacial score (nSPS) is 11.1. The lowest BCUT2D eigenvalue weighted by Gasteiger charge is -2.10. The first-order chi connectivity index (χ1) is 9.27. The summed E-state index contributed by atoms with van der Waals surface area (Å²) >= 11 is 0. The van der Waals surface area contributed by atoms with Crippen molar-refractivity contribution >= 4 is 27.6 Å². The molecule has 0 bridgehead atoms. The van der Waals surface area contributed by atoms with Gasteiger partial charge in [-0.1, -0.05) is 0 Å². The first kappa shape index (κ1) is 15.9. The van der Waals surface area contributed by atoms with E-state index >= 15 is 0 Å². The Balaban J connectivity index is 3.11. The number of amides is 1. The highest BCUT2D eigenvalue weighted by Crippen LogP contribution is 2.19. The Labute approximate surface area is 116 Å². The van der Waals surface area contributed by atoms with Crippen LogP contribution in [0.25, 0.3) is 0 Å². The van der Waals surface area contributed by atoms with Crippen molar-refractivity contribution in [1.29, 1.82) is 0 Å². The fraction of sp³-hybridized carbons (Fsp3) is 0.273. The molecule has 8 nitrogen and oxygen atoms in total. The molecule has 0 unspecified atom stereocenters. The number of nitrogen functional groups attached to an aromatic ring is 1. The van der Waals surface area contributed by atoms with Crippen LogP contribution in [-0.2, 0) is 19.6 Å². The molecular formula is C11H15N3O5S. The highest BCUT2D eigenvalue weighted by atomic mass is 32.2. The Morgan fingerprint density at radius 1 is 1.35 bits per heavy atom. The van der Waals surface area contributed by atoms with Crippen LogP contribution in [0.3, 0.4) is 0 Å². The van der Waals surface area contributed by atoms with E-state index in [9.17, 15) is 18.0 Å². The zero-order valence-electron chi connectivity index (χ0n) is 10.8. The van der Waals surface area contributed by atoms with Crippen molar-refractivity contribution in [2.45, 2.75) is 11.3 Å². The largest absolute Gasteiger partial charge is 0.465 e. The third kappa shape index (κ3) is 3.93. The lowest BCUT2D eigenvalue weighted by atomic mass is 10.2. The van der Waals surface area contributed by atoms with Crippen molar-refractivity contribution in [3.8, 4) is 0 Å². The predicted molar refractivity (Wildman–Crippen MR) is 71.2 cm³/mol. The van der Waals surface area contributed by atoms with E-state index in [-0.39, 0.29) is 29.1 Å². The molecule has 0 radical (unpaired) electrons. The second-order valence-corrected chi connectivity index (χ2v) is 5.60. The van der Waals surface area contributed by atoms with E-state index in [4.69, 9.17) is 11.5 Å². The van der Waals surface area contributed by atoms with E-state index in [2.05, 4.69) is 9.46 Å². The minimum absolute atomic E-state index is 0.151. The van der Waals surface area contributed by atoms with E-state index in [0.717, 1.165) is 7.11 Å². The number of nitrogens with one attached hydrogen (secondary N) is 1. The van der Waals surface area contributed by atoms with Crippen LogP contribution >= 0.6 is 0 Å². The second-order valence-electron chi connectivity index (χ2n) is 3.86. The number of ether oxygens (including phenoxy) is 1. The van der Waals surface area contributed by atoms with E-state index in [0.29, 0.717) is 0 Å². The molecule has 0 aliphatic heterocycles. The van der Waals surface area contributed by atoms with Crippen molar-refractivity contribution in [1.82, 2.24) is 4.72 Å². The van der Waals surface area contributed by atoms with Crippen LogP contribution in [0, 0.1) is 0 Å². The summed E-state index contributed by atoms with van der Waals surface area (Å²) in [5.74, 6) is -1.47. The van der Waals surface area contributed by atoms with Crippen LogP contribution in [0.5, 0.6) is 0 Å². The minimum atomic E-state index is -3.97. The van der Waals surface area contributed by atoms with Crippen LogP contribution in [0.1, 0.15) is 16.8 Å². The SMILES string of the molecule is COC(=O)c1cc(N)ccc1S(=O)(=O)NCCC(N)=O. The highest BCUT2D eigenvalue weighted by Gasteiger charge is 2.23. The van der Waals surface area contributed by atoms with Crippen LogP contribution in [0.2, 0.25) is 0 Å². The van der Waals surface area contributed by atoms with Gasteiger partial charge in [-0.2, -0.15) is 0 Å². The van der Waals surface area contributed by atoms with E-state index < -0.39 is 21.9 Å². The van der Waals surface area contributed by atoms with Crippen molar-refractivity contribution in [2.75, 3.05) is 19.4 Å². The quantitative estimate of drug-likeness (QED) is 0.464. The number of nitrogens with two attached hydrogens (primary N) is 2. The number of hydrogen-bond acceptors (Lipinski definition) is 6. The maximum atomic E-state index is 12.1. The molecule has 110 valence electrons.